The van der Waals surface area contributed by atoms with E-state index in [1.807, 2.05) is 24.3 Å². The Hall–Kier alpha value is -2.08. The van der Waals surface area contributed by atoms with E-state index in [1.165, 1.54) is 16.2 Å². The third kappa shape index (κ3) is 4.26. The minimum absolute atomic E-state index is 0.0202. The molecule has 0 saturated carbocycles. The number of carbonyl (C=O) groups is 1. The molecule has 130 valence electrons. The van der Waals surface area contributed by atoms with E-state index in [-0.39, 0.29) is 5.54 Å². The number of amides is 2. The highest BCUT2D eigenvalue weighted by Crippen LogP contribution is 2.33. The predicted molar refractivity (Wildman–Crippen MR) is 102 cm³/mol. The lowest BCUT2D eigenvalue weighted by atomic mass is 10.0. The largest absolute Gasteiger partial charge is 0.380 e. The van der Waals surface area contributed by atoms with Gasteiger partial charge in [0.25, 0.3) is 0 Å². The zero-order valence-corrected chi connectivity index (χ0v) is 15.8. The van der Waals surface area contributed by atoms with Crippen molar-refractivity contribution in [3.05, 3.63) is 35.3 Å². The Bertz CT molecular complexity index is 691. The number of benzene rings is 1. The van der Waals surface area contributed by atoms with Gasteiger partial charge in [0.15, 0.2) is 5.13 Å². The first-order valence-corrected chi connectivity index (χ1v) is 8.98. The molecular formula is C18H26N4OS. The lowest BCUT2D eigenvalue weighted by Crippen LogP contribution is -2.31. The van der Waals surface area contributed by atoms with Gasteiger partial charge in [-0.2, -0.15) is 0 Å². The first kappa shape index (κ1) is 18.3. The highest BCUT2D eigenvalue weighted by Gasteiger charge is 2.20. The fourth-order valence-corrected chi connectivity index (χ4v) is 3.10. The Balaban J connectivity index is 2.27. The first-order chi connectivity index (χ1) is 11.2. The molecule has 1 aromatic carbocycles. The molecule has 0 spiro atoms. The number of nitrogens with zero attached hydrogens (tertiary/aromatic N) is 2. The maximum atomic E-state index is 11.9. The summed E-state index contributed by atoms with van der Waals surface area (Å²) in [6, 6.07) is 7.15. The number of thiazole rings is 1. The average molecular weight is 346 g/mol. The third-order valence-electron chi connectivity index (χ3n) is 3.98. The second kappa shape index (κ2) is 7.21. The van der Waals surface area contributed by atoms with Crippen LogP contribution in [0.25, 0.3) is 0 Å². The molecule has 0 aliphatic carbocycles. The second-order valence-electron chi connectivity index (χ2n) is 6.78. The SMILES string of the molecule is CCC(C)(C)Nc1ccc(N(C(N)=O)c2ncc(C(C)C)s2)cc1. The summed E-state index contributed by atoms with van der Waals surface area (Å²) in [6.45, 7) is 10.6. The molecule has 0 saturated heterocycles. The van der Waals surface area contributed by atoms with Crippen LogP contribution in [-0.4, -0.2) is 16.6 Å². The lowest BCUT2D eigenvalue weighted by Gasteiger charge is -2.26. The van der Waals surface area contributed by atoms with Crippen LogP contribution in [0, 0.1) is 0 Å². The van der Waals surface area contributed by atoms with Crippen LogP contribution in [0.3, 0.4) is 0 Å². The van der Waals surface area contributed by atoms with Crippen molar-refractivity contribution < 1.29 is 4.79 Å². The van der Waals surface area contributed by atoms with Gasteiger partial charge < -0.3 is 11.1 Å². The first-order valence-electron chi connectivity index (χ1n) is 8.17. The number of hydrogen-bond acceptors (Lipinski definition) is 4. The van der Waals surface area contributed by atoms with E-state index in [9.17, 15) is 4.79 Å². The van der Waals surface area contributed by atoms with Crippen LogP contribution in [0.1, 0.15) is 51.8 Å². The molecule has 0 atom stereocenters. The second-order valence-corrected chi connectivity index (χ2v) is 7.82. The smallest absolute Gasteiger partial charge is 0.325 e. The van der Waals surface area contributed by atoms with Crippen molar-refractivity contribution in [2.45, 2.75) is 52.5 Å². The van der Waals surface area contributed by atoms with Gasteiger partial charge in [0.2, 0.25) is 0 Å². The van der Waals surface area contributed by atoms with Gasteiger partial charge in [-0.3, -0.25) is 0 Å². The van der Waals surface area contributed by atoms with Gasteiger partial charge in [-0.05, 0) is 50.5 Å². The van der Waals surface area contributed by atoms with Crippen molar-refractivity contribution in [2.24, 2.45) is 5.73 Å². The number of aromatic nitrogens is 1. The summed E-state index contributed by atoms with van der Waals surface area (Å²) in [5, 5.41) is 4.07. The molecule has 0 radical (unpaired) electrons. The Morgan fingerprint density at radius 2 is 1.96 bits per heavy atom. The minimum Gasteiger partial charge on any atom is -0.380 e. The molecule has 24 heavy (non-hydrogen) atoms. The summed E-state index contributed by atoms with van der Waals surface area (Å²) >= 11 is 1.49. The molecular weight excluding hydrogens is 320 g/mol. The van der Waals surface area contributed by atoms with E-state index < -0.39 is 6.03 Å². The predicted octanol–water partition coefficient (Wildman–Crippen LogP) is 5.08. The molecule has 0 unspecified atom stereocenters. The van der Waals surface area contributed by atoms with Gasteiger partial charge in [-0.15, -0.1) is 11.3 Å². The van der Waals surface area contributed by atoms with Crippen LogP contribution < -0.4 is 16.0 Å². The van der Waals surface area contributed by atoms with Crippen LogP contribution >= 0.6 is 11.3 Å². The van der Waals surface area contributed by atoms with Crippen molar-refractivity contribution in [1.29, 1.82) is 0 Å². The molecule has 2 rings (SSSR count). The number of hydrogen-bond donors (Lipinski definition) is 2. The van der Waals surface area contributed by atoms with E-state index >= 15 is 0 Å². The van der Waals surface area contributed by atoms with E-state index in [4.69, 9.17) is 5.73 Å². The van der Waals surface area contributed by atoms with Gasteiger partial charge in [-0.1, -0.05) is 20.8 Å². The molecule has 3 N–H and O–H groups in total. The normalized spacial score (nSPS) is 11.6. The number of anilines is 3. The monoisotopic (exact) mass is 346 g/mol. The number of nitrogens with two attached hydrogens (primary N) is 1. The maximum Gasteiger partial charge on any atom is 0.325 e. The molecule has 2 aromatic rings. The van der Waals surface area contributed by atoms with E-state index in [0.717, 1.165) is 17.0 Å². The highest BCUT2D eigenvalue weighted by molar-refractivity contribution is 7.15. The fraction of sp³-hybridized carbons (Fsp3) is 0.444. The standard InChI is InChI=1S/C18H26N4OS/c1-6-18(4,5)21-13-7-9-14(10-8-13)22(16(19)23)17-20-11-15(24-17)12(2)3/h7-12,21H,6H2,1-5H3,(H2,19,23). The molecule has 6 heteroatoms. The summed E-state index contributed by atoms with van der Waals surface area (Å²) in [7, 11) is 0. The van der Waals surface area contributed by atoms with E-state index in [0.29, 0.717) is 16.7 Å². The number of rotatable bonds is 6. The minimum atomic E-state index is -0.533. The quantitative estimate of drug-likeness (QED) is 0.766. The molecule has 5 nitrogen and oxygen atoms in total. The molecule has 1 aromatic heterocycles. The van der Waals surface area contributed by atoms with Gasteiger partial charge in [0, 0.05) is 22.3 Å². The molecule has 2 amide bonds. The molecule has 0 fully saturated rings. The Labute approximate surface area is 147 Å². The highest BCUT2D eigenvalue weighted by atomic mass is 32.1. The summed E-state index contributed by atoms with van der Waals surface area (Å²) in [4.78, 5) is 18.9. The summed E-state index contributed by atoms with van der Waals surface area (Å²) < 4.78 is 0. The number of urea groups is 1. The Kier molecular flexibility index (Phi) is 5.49. The Morgan fingerprint density at radius 1 is 1.33 bits per heavy atom. The van der Waals surface area contributed by atoms with Gasteiger partial charge in [-0.25, -0.2) is 14.7 Å². The van der Waals surface area contributed by atoms with Crippen LogP contribution in [0.15, 0.2) is 30.5 Å². The number of carbonyl (C=O) groups excluding carboxylic acids is 1. The number of nitrogens with one attached hydrogen (secondary N) is 1. The lowest BCUT2D eigenvalue weighted by molar-refractivity contribution is 0.256. The van der Waals surface area contributed by atoms with E-state index in [1.54, 1.807) is 6.20 Å². The van der Waals surface area contributed by atoms with E-state index in [2.05, 4.69) is 44.9 Å². The van der Waals surface area contributed by atoms with Crippen LogP contribution in [-0.2, 0) is 0 Å². The van der Waals surface area contributed by atoms with Gasteiger partial charge in [0.05, 0.1) is 5.69 Å². The fourth-order valence-electron chi connectivity index (χ4n) is 2.15. The van der Waals surface area contributed by atoms with Gasteiger partial charge >= 0.3 is 6.03 Å². The van der Waals surface area contributed by atoms with Crippen molar-refractivity contribution in [3.63, 3.8) is 0 Å². The summed E-state index contributed by atoms with van der Waals surface area (Å²) in [5.41, 5.74) is 7.33. The summed E-state index contributed by atoms with van der Waals surface area (Å²) in [6.07, 6.45) is 2.82. The number of primary amides is 1. The Morgan fingerprint density at radius 3 is 2.42 bits per heavy atom. The molecule has 0 aliphatic heterocycles. The van der Waals surface area contributed by atoms with Crippen LogP contribution in [0.2, 0.25) is 0 Å². The maximum absolute atomic E-state index is 11.9. The topological polar surface area (TPSA) is 71.2 Å². The van der Waals surface area contributed by atoms with Crippen molar-refractivity contribution in [1.82, 2.24) is 4.98 Å². The molecule has 1 heterocycles. The van der Waals surface area contributed by atoms with Crippen molar-refractivity contribution in [2.75, 3.05) is 10.2 Å². The average Bonchev–Trinajstić information content (AvgIpc) is 2.98. The summed E-state index contributed by atoms with van der Waals surface area (Å²) in [5.74, 6) is 0.369. The van der Waals surface area contributed by atoms with Crippen LogP contribution in [0.4, 0.5) is 21.3 Å². The van der Waals surface area contributed by atoms with Crippen molar-refractivity contribution >= 4 is 33.9 Å². The van der Waals surface area contributed by atoms with Crippen LogP contribution in [0.5, 0.6) is 0 Å². The molecule has 0 bridgehead atoms. The molecule has 0 aliphatic rings. The van der Waals surface area contributed by atoms with Gasteiger partial charge in [0.1, 0.15) is 0 Å². The van der Waals surface area contributed by atoms with Crippen molar-refractivity contribution in [3.8, 4) is 0 Å². The zero-order chi connectivity index (χ0) is 17.9. The zero-order valence-electron chi connectivity index (χ0n) is 15.0. The third-order valence-corrected chi connectivity index (χ3v) is 5.27.